The number of nitrogens with zero attached hydrogens (tertiary/aromatic N) is 1. The number of hydrogen-bond donors (Lipinski definition) is 6. The molecule has 2 aliphatic heterocycles. The highest BCUT2D eigenvalue weighted by molar-refractivity contribution is 6.12. The van der Waals surface area contributed by atoms with Crippen molar-refractivity contribution in [1.29, 1.82) is 0 Å². The Bertz CT molecular complexity index is 1700. The number of esters is 1. The number of aliphatic carboxylic acids is 1. The number of hydrogen-bond acceptors (Lipinski definition) is 12. The smallest absolute Gasteiger partial charge is 0.335 e. The van der Waals surface area contributed by atoms with Crippen LogP contribution in [0.1, 0.15) is 84.8 Å². The summed E-state index contributed by atoms with van der Waals surface area (Å²) in [6.07, 6.45) is -4.93. The molecule has 0 aromatic heterocycles. The number of benzene rings is 1. The van der Waals surface area contributed by atoms with E-state index in [4.69, 9.17) is 9.47 Å². The molecule has 1 aromatic carbocycles. The molecule has 7 atom stereocenters. The number of Topliss-reactive ketones (excluding diaryl/α,β-unsaturated/α-hetero) is 1. The zero-order valence-corrected chi connectivity index (χ0v) is 31.9. The van der Waals surface area contributed by atoms with Crippen molar-refractivity contribution in [3.8, 4) is 11.8 Å². The van der Waals surface area contributed by atoms with Crippen LogP contribution in [-0.2, 0) is 49.6 Å². The van der Waals surface area contributed by atoms with Gasteiger partial charge in [-0.05, 0) is 51.7 Å². The molecule has 0 spiro atoms. The molecule has 16 heteroatoms. The van der Waals surface area contributed by atoms with Crippen LogP contribution in [0.15, 0.2) is 30.4 Å². The van der Waals surface area contributed by atoms with Gasteiger partial charge in [0.05, 0.1) is 11.5 Å². The van der Waals surface area contributed by atoms with Crippen LogP contribution in [0.25, 0.3) is 0 Å². The van der Waals surface area contributed by atoms with Gasteiger partial charge in [-0.1, -0.05) is 45.1 Å². The molecule has 6 N–H and O–H groups in total. The van der Waals surface area contributed by atoms with Crippen molar-refractivity contribution in [2.45, 2.75) is 117 Å². The summed E-state index contributed by atoms with van der Waals surface area (Å²) in [6.45, 7) is 10.2. The second kappa shape index (κ2) is 19.6. The molecular formula is C39H51N3O13. The number of unbranched alkanes of at least 4 members (excludes halogenated alkanes) is 2. The minimum atomic E-state index is -1.90. The number of ketones is 1. The van der Waals surface area contributed by atoms with Crippen molar-refractivity contribution in [2.24, 2.45) is 17.3 Å². The van der Waals surface area contributed by atoms with Crippen molar-refractivity contribution < 1.29 is 63.5 Å². The van der Waals surface area contributed by atoms with Crippen molar-refractivity contribution in [2.75, 3.05) is 11.9 Å². The third kappa shape index (κ3) is 12.5. The third-order valence-corrected chi connectivity index (χ3v) is 9.03. The van der Waals surface area contributed by atoms with E-state index in [1.807, 2.05) is 0 Å². The van der Waals surface area contributed by atoms with Crippen molar-refractivity contribution in [3.05, 3.63) is 41.5 Å². The summed E-state index contributed by atoms with van der Waals surface area (Å²) in [5.74, 6) is 0.210. The third-order valence-electron chi connectivity index (χ3n) is 9.03. The number of carbonyl (C=O) groups excluding carboxylic acids is 6. The quantitative estimate of drug-likeness (QED) is 0.0600. The zero-order valence-electron chi connectivity index (χ0n) is 31.9. The Morgan fingerprint density at radius 2 is 1.60 bits per heavy atom. The first kappa shape index (κ1) is 44.4. The van der Waals surface area contributed by atoms with Gasteiger partial charge in [0.25, 0.3) is 11.8 Å². The van der Waals surface area contributed by atoms with Gasteiger partial charge in [0, 0.05) is 54.3 Å². The van der Waals surface area contributed by atoms with Crippen LogP contribution in [0, 0.1) is 29.1 Å². The van der Waals surface area contributed by atoms with E-state index in [0.717, 1.165) is 4.90 Å². The molecule has 0 bridgehead atoms. The van der Waals surface area contributed by atoms with E-state index < -0.39 is 65.7 Å². The van der Waals surface area contributed by atoms with Gasteiger partial charge in [0.2, 0.25) is 11.8 Å². The average Bonchev–Trinajstić information content (AvgIpc) is 3.43. The fourth-order valence-corrected chi connectivity index (χ4v) is 5.64. The molecule has 2 heterocycles. The highest BCUT2D eigenvalue weighted by atomic mass is 16.6. The van der Waals surface area contributed by atoms with E-state index in [1.165, 1.54) is 30.4 Å². The number of rotatable bonds is 16. The Kier molecular flexibility index (Phi) is 15.8. The largest absolute Gasteiger partial charge is 0.479 e. The Balaban J connectivity index is 1.66. The fraction of sp³-hybridized carbons (Fsp3) is 0.564. The molecule has 0 unspecified atom stereocenters. The number of nitrogens with one attached hydrogen (secondary N) is 2. The van der Waals surface area contributed by atoms with Crippen molar-refractivity contribution in [3.63, 3.8) is 0 Å². The van der Waals surface area contributed by atoms with E-state index in [1.54, 1.807) is 41.5 Å². The van der Waals surface area contributed by atoms with Crippen LogP contribution in [0.3, 0.4) is 0 Å². The number of aliphatic hydroxyl groups excluding tert-OH is 3. The highest BCUT2D eigenvalue weighted by Gasteiger charge is 2.46. The number of aliphatic hydroxyl groups is 3. The summed E-state index contributed by atoms with van der Waals surface area (Å²) in [5.41, 5.74) is 0.0129. The molecule has 55 heavy (non-hydrogen) atoms. The van der Waals surface area contributed by atoms with Gasteiger partial charge in [-0.25, -0.2) is 4.79 Å². The van der Waals surface area contributed by atoms with Gasteiger partial charge in [-0.15, -0.1) is 0 Å². The summed E-state index contributed by atoms with van der Waals surface area (Å²) in [5, 5.41) is 45.5. The molecule has 4 amide bonds. The molecule has 2 aliphatic rings. The van der Waals surface area contributed by atoms with Crippen molar-refractivity contribution in [1.82, 2.24) is 10.2 Å². The van der Waals surface area contributed by atoms with Gasteiger partial charge < -0.3 is 40.5 Å². The lowest BCUT2D eigenvalue weighted by molar-refractivity contribution is -0.215. The molecule has 1 saturated heterocycles. The maximum atomic E-state index is 13.3. The number of ether oxygens (including phenoxy) is 2. The zero-order chi connectivity index (χ0) is 41.2. The van der Waals surface area contributed by atoms with Crippen LogP contribution in [-0.4, -0.2) is 110 Å². The number of carboxylic acids is 1. The van der Waals surface area contributed by atoms with Crippen LogP contribution < -0.4 is 10.6 Å². The van der Waals surface area contributed by atoms with Crippen LogP contribution in [0.2, 0.25) is 0 Å². The summed E-state index contributed by atoms with van der Waals surface area (Å²) in [7, 11) is 0. The van der Waals surface area contributed by atoms with E-state index in [-0.39, 0.29) is 66.7 Å². The van der Waals surface area contributed by atoms with E-state index in [0.29, 0.717) is 24.8 Å². The Labute approximate surface area is 319 Å². The van der Waals surface area contributed by atoms with E-state index in [2.05, 4.69) is 22.5 Å². The van der Waals surface area contributed by atoms with Gasteiger partial charge in [-0.2, -0.15) is 0 Å². The molecular weight excluding hydrogens is 718 g/mol. The number of amides is 4. The number of imide groups is 1. The van der Waals surface area contributed by atoms with Gasteiger partial charge in [0.1, 0.15) is 31.0 Å². The Hall–Kier alpha value is -4.95. The monoisotopic (exact) mass is 769 g/mol. The van der Waals surface area contributed by atoms with Crippen LogP contribution in [0.4, 0.5) is 5.69 Å². The Morgan fingerprint density at radius 1 is 0.945 bits per heavy atom. The second-order valence-corrected chi connectivity index (χ2v) is 15.1. The highest BCUT2D eigenvalue weighted by Crippen LogP contribution is 2.24. The first-order valence-corrected chi connectivity index (χ1v) is 18.1. The van der Waals surface area contributed by atoms with Crippen LogP contribution in [0.5, 0.6) is 0 Å². The van der Waals surface area contributed by atoms with E-state index >= 15 is 0 Å². The number of anilines is 1. The molecule has 0 aliphatic carbocycles. The summed E-state index contributed by atoms with van der Waals surface area (Å²) in [6, 6.07) is 3.67. The minimum Gasteiger partial charge on any atom is -0.479 e. The van der Waals surface area contributed by atoms with Gasteiger partial charge in [0.15, 0.2) is 11.9 Å². The first-order chi connectivity index (χ1) is 25.7. The molecule has 1 fully saturated rings. The predicted molar refractivity (Wildman–Crippen MR) is 195 cm³/mol. The molecule has 0 saturated carbocycles. The van der Waals surface area contributed by atoms with E-state index in [9.17, 15) is 54.0 Å². The van der Waals surface area contributed by atoms with Crippen LogP contribution >= 0.6 is 0 Å². The number of carboxylic acid groups (broad SMARTS) is 1. The summed E-state index contributed by atoms with van der Waals surface area (Å²) < 4.78 is 10.7. The molecule has 16 nitrogen and oxygen atoms in total. The molecule has 300 valence electrons. The lowest BCUT2D eigenvalue weighted by Gasteiger charge is -2.36. The molecule has 1 aromatic rings. The first-order valence-electron chi connectivity index (χ1n) is 18.1. The summed E-state index contributed by atoms with van der Waals surface area (Å²) in [4.78, 5) is 87.8. The molecule has 0 radical (unpaired) electrons. The average molecular weight is 770 g/mol. The SMILES string of the molecule is CC(C)[C@H](NC(=O)CCCCCN1C(=O)C=CC1=O)C(=O)C[C@@H](C)C(=O)Nc1ccc(COC(=O)C(C)(C)C)c(C#C[C@@H]2O[C@H](C(=O)O)[C@@H](O)[C@H](O)[C@H]2O)c1. The van der Waals surface area contributed by atoms with Gasteiger partial charge in [-0.3, -0.25) is 33.7 Å². The standard InChI is InChI=1S/C39H51N3O13/c1-21(2)31(41-28(44)10-8-7-9-17-42-29(45)15-16-30(42)46)26(43)18-22(3)36(50)40-25-13-11-24(20-54-38(53)39(4,5)6)23(19-25)12-14-27-32(47)33(48)34(49)35(55-27)37(51)52/h11,13,15-16,19,21-22,27,31-35,47-49H,7-10,17-18,20H2,1-6H3,(H,40,50)(H,41,44)(H,51,52)/t22-,27+,31+,32+,33-,34+,35+/m1/s1. The number of carbonyl (C=O) groups is 7. The minimum absolute atomic E-state index is 0.137. The maximum absolute atomic E-state index is 13.3. The Morgan fingerprint density at radius 3 is 2.20 bits per heavy atom. The normalized spacial score (nSPS) is 22.1. The fourth-order valence-electron chi connectivity index (χ4n) is 5.64. The maximum Gasteiger partial charge on any atom is 0.335 e. The van der Waals surface area contributed by atoms with Gasteiger partial charge >= 0.3 is 11.9 Å². The summed E-state index contributed by atoms with van der Waals surface area (Å²) >= 11 is 0. The molecule has 3 rings (SSSR count). The topological polar surface area (TPSA) is 246 Å². The lowest BCUT2D eigenvalue weighted by atomic mass is 9.92. The second-order valence-electron chi connectivity index (χ2n) is 15.1. The van der Waals surface area contributed by atoms with Crippen molar-refractivity contribution >= 4 is 47.0 Å². The predicted octanol–water partition coefficient (Wildman–Crippen LogP) is 1.22. The lowest BCUT2D eigenvalue weighted by Crippen LogP contribution is -2.59.